The zero-order valence-corrected chi connectivity index (χ0v) is 17.5. The summed E-state index contributed by atoms with van der Waals surface area (Å²) >= 11 is 0. The van der Waals surface area contributed by atoms with Crippen LogP contribution in [-0.4, -0.2) is 5.78 Å². The molecule has 0 spiro atoms. The summed E-state index contributed by atoms with van der Waals surface area (Å²) in [5, 5.41) is 0. The lowest BCUT2D eigenvalue weighted by molar-refractivity contribution is -0.116. The highest BCUT2D eigenvalue weighted by atomic mass is 16.1. The molecule has 1 nitrogen and oxygen atoms in total. The average Bonchev–Trinajstić information content (AvgIpc) is 2.87. The summed E-state index contributed by atoms with van der Waals surface area (Å²) in [6, 6.07) is 0. The maximum atomic E-state index is 12.1. The Morgan fingerprint density at radius 1 is 1.08 bits per heavy atom. The molecule has 4 aliphatic carbocycles. The first-order valence-corrected chi connectivity index (χ1v) is 11.8. The molecule has 146 valence electrons. The molecule has 6 atom stereocenters. The molecule has 0 amide bonds. The Balaban J connectivity index is 1.58. The minimum atomic E-state index is 0.376. The van der Waals surface area contributed by atoms with Gasteiger partial charge >= 0.3 is 0 Å². The standard InChI is InChI=1S/C25H40O/c1-4-6-7-19-9-11-23-22-10-8-20-16-21(26)13-15-25(20,5-2)17-18(22)12-14-24(19,23)3/h16,18-19,22-23H,4-15,17H2,1-3H3. The first kappa shape index (κ1) is 18.8. The van der Waals surface area contributed by atoms with Crippen molar-refractivity contribution in [2.45, 2.75) is 104 Å². The predicted octanol–water partition coefficient (Wildman–Crippen LogP) is 7.10. The zero-order valence-electron chi connectivity index (χ0n) is 17.5. The van der Waals surface area contributed by atoms with E-state index >= 15 is 0 Å². The number of unbranched alkanes of at least 4 members (excludes halogenated alkanes) is 1. The predicted molar refractivity (Wildman–Crippen MR) is 109 cm³/mol. The van der Waals surface area contributed by atoms with Gasteiger partial charge in [-0.25, -0.2) is 0 Å². The maximum absolute atomic E-state index is 12.1. The van der Waals surface area contributed by atoms with Gasteiger partial charge in [-0.1, -0.05) is 39.2 Å². The molecule has 3 saturated carbocycles. The second-order valence-corrected chi connectivity index (χ2v) is 10.5. The fourth-order valence-corrected chi connectivity index (χ4v) is 7.97. The Hall–Kier alpha value is -0.590. The van der Waals surface area contributed by atoms with Crippen LogP contribution in [0.4, 0.5) is 0 Å². The van der Waals surface area contributed by atoms with Crippen LogP contribution in [0.5, 0.6) is 0 Å². The number of rotatable bonds is 4. The van der Waals surface area contributed by atoms with Gasteiger partial charge in [0.25, 0.3) is 0 Å². The van der Waals surface area contributed by atoms with Crippen LogP contribution < -0.4 is 0 Å². The third-order valence-corrected chi connectivity index (χ3v) is 9.63. The Morgan fingerprint density at radius 3 is 2.69 bits per heavy atom. The van der Waals surface area contributed by atoms with Crippen molar-refractivity contribution < 1.29 is 4.79 Å². The van der Waals surface area contributed by atoms with Crippen LogP contribution in [0.3, 0.4) is 0 Å². The van der Waals surface area contributed by atoms with Gasteiger partial charge < -0.3 is 0 Å². The summed E-state index contributed by atoms with van der Waals surface area (Å²) in [6.45, 7) is 7.39. The van der Waals surface area contributed by atoms with Gasteiger partial charge in [0.2, 0.25) is 0 Å². The molecule has 0 heterocycles. The fraction of sp³-hybridized carbons (Fsp3) is 0.880. The summed E-state index contributed by atoms with van der Waals surface area (Å²) < 4.78 is 0. The second-order valence-electron chi connectivity index (χ2n) is 10.5. The fourth-order valence-electron chi connectivity index (χ4n) is 7.97. The molecular weight excluding hydrogens is 316 g/mol. The summed E-state index contributed by atoms with van der Waals surface area (Å²) in [7, 11) is 0. The molecule has 0 N–H and O–H groups in total. The first-order chi connectivity index (χ1) is 12.5. The third-order valence-electron chi connectivity index (χ3n) is 9.63. The maximum Gasteiger partial charge on any atom is 0.155 e. The highest BCUT2D eigenvalue weighted by Crippen LogP contribution is 2.64. The van der Waals surface area contributed by atoms with Crippen molar-refractivity contribution in [1.82, 2.24) is 0 Å². The van der Waals surface area contributed by atoms with E-state index in [-0.39, 0.29) is 0 Å². The molecule has 3 fully saturated rings. The van der Waals surface area contributed by atoms with Crippen molar-refractivity contribution in [2.24, 2.45) is 34.5 Å². The molecule has 0 saturated heterocycles. The van der Waals surface area contributed by atoms with Crippen LogP contribution in [-0.2, 0) is 4.79 Å². The topological polar surface area (TPSA) is 17.1 Å². The van der Waals surface area contributed by atoms with Crippen molar-refractivity contribution in [3.8, 4) is 0 Å². The normalized spacial score (nSPS) is 45.3. The van der Waals surface area contributed by atoms with Crippen LogP contribution in [0.25, 0.3) is 0 Å². The van der Waals surface area contributed by atoms with Crippen molar-refractivity contribution in [3.63, 3.8) is 0 Å². The van der Waals surface area contributed by atoms with Crippen molar-refractivity contribution in [3.05, 3.63) is 11.6 Å². The number of fused-ring (bicyclic) bond motifs is 4. The third kappa shape index (κ3) is 2.92. The highest BCUT2D eigenvalue weighted by Gasteiger charge is 2.55. The molecule has 4 rings (SSSR count). The molecule has 4 aliphatic rings. The summed E-state index contributed by atoms with van der Waals surface area (Å²) in [5.41, 5.74) is 2.55. The SMILES string of the molecule is CCCCC1CCC2C3CCC4=CC(=O)CCC4(CC)CC3CCC12C. The van der Waals surface area contributed by atoms with Gasteiger partial charge in [-0.15, -0.1) is 0 Å². The van der Waals surface area contributed by atoms with E-state index in [1.54, 1.807) is 5.57 Å². The first-order valence-electron chi connectivity index (χ1n) is 11.8. The van der Waals surface area contributed by atoms with E-state index in [1.807, 2.05) is 0 Å². The van der Waals surface area contributed by atoms with Crippen molar-refractivity contribution in [1.29, 1.82) is 0 Å². The monoisotopic (exact) mass is 356 g/mol. The Labute approximate surface area is 161 Å². The minimum absolute atomic E-state index is 0.376. The molecule has 0 aromatic heterocycles. The van der Waals surface area contributed by atoms with E-state index in [9.17, 15) is 4.79 Å². The summed E-state index contributed by atoms with van der Waals surface area (Å²) in [4.78, 5) is 12.1. The number of carbonyl (C=O) groups excluding carboxylic acids is 1. The van der Waals surface area contributed by atoms with Crippen LogP contribution >= 0.6 is 0 Å². The Morgan fingerprint density at radius 2 is 1.92 bits per heavy atom. The number of carbonyl (C=O) groups is 1. The molecule has 0 aliphatic heterocycles. The highest BCUT2D eigenvalue weighted by molar-refractivity contribution is 5.91. The van der Waals surface area contributed by atoms with E-state index < -0.39 is 0 Å². The van der Waals surface area contributed by atoms with Crippen LogP contribution in [0.1, 0.15) is 104 Å². The number of allylic oxidation sites excluding steroid dienone is 2. The average molecular weight is 357 g/mol. The lowest BCUT2D eigenvalue weighted by atomic mass is 9.55. The van der Waals surface area contributed by atoms with Gasteiger partial charge in [-0.3, -0.25) is 4.79 Å². The van der Waals surface area contributed by atoms with Gasteiger partial charge in [-0.05, 0) is 105 Å². The molecule has 26 heavy (non-hydrogen) atoms. The van der Waals surface area contributed by atoms with Crippen LogP contribution in [0.2, 0.25) is 0 Å². The smallest absolute Gasteiger partial charge is 0.155 e. The van der Waals surface area contributed by atoms with Gasteiger partial charge in [-0.2, -0.15) is 0 Å². The van der Waals surface area contributed by atoms with Crippen LogP contribution in [0, 0.1) is 34.5 Å². The summed E-state index contributed by atoms with van der Waals surface area (Å²) in [5.74, 6) is 4.22. The Bertz CT molecular complexity index is 575. The van der Waals surface area contributed by atoms with Gasteiger partial charge in [0.05, 0.1) is 0 Å². The van der Waals surface area contributed by atoms with E-state index in [0.29, 0.717) is 16.6 Å². The molecule has 0 radical (unpaired) electrons. The largest absolute Gasteiger partial charge is 0.295 e. The molecule has 1 heteroatoms. The molecule has 6 unspecified atom stereocenters. The number of ketones is 1. The zero-order chi connectivity index (χ0) is 18.4. The molecule has 0 bridgehead atoms. The quantitative estimate of drug-likeness (QED) is 0.525. The second kappa shape index (κ2) is 7.10. The number of hydrogen-bond acceptors (Lipinski definition) is 1. The summed E-state index contributed by atoms with van der Waals surface area (Å²) in [6.07, 6.45) is 19.4. The van der Waals surface area contributed by atoms with E-state index in [1.165, 1.54) is 70.6 Å². The van der Waals surface area contributed by atoms with Crippen molar-refractivity contribution >= 4 is 5.78 Å². The molecular formula is C25H40O. The van der Waals surface area contributed by atoms with E-state index in [4.69, 9.17) is 0 Å². The van der Waals surface area contributed by atoms with Gasteiger partial charge in [0, 0.05) is 6.42 Å². The minimum Gasteiger partial charge on any atom is -0.295 e. The lowest BCUT2D eigenvalue weighted by Gasteiger charge is -2.50. The van der Waals surface area contributed by atoms with E-state index in [0.717, 1.165) is 36.5 Å². The van der Waals surface area contributed by atoms with Crippen molar-refractivity contribution in [2.75, 3.05) is 0 Å². The Kier molecular flexibility index (Phi) is 5.12. The van der Waals surface area contributed by atoms with E-state index in [2.05, 4.69) is 26.8 Å². The molecule has 0 aromatic rings. The van der Waals surface area contributed by atoms with Gasteiger partial charge in [0.1, 0.15) is 0 Å². The van der Waals surface area contributed by atoms with Crippen LogP contribution in [0.15, 0.2) is 11.6 Å². The number of hydrogen-bond donors (Lipinski definition) is 0. The molecule has 0 aromatic carbocycles. The van der Waals surface area contributed by atoms with Gasteiger partial charge in [0.15, 0.2) is 5.78 Å². The lowest BCUT2D eigenvalue weighted by Crippen LogP contribution is -2.42.